The van der Waals surface area contributed by atoms with Gasteiger partial charge in [-0.15, -0.1) is 11.3 Å². The molecule has 68 valence electrons. The summed E-state index contributed by atoms with van der Waals surface area (Å²) >= 11 is 1.64. The Morgan fingerprint density at radius 2 is 1.93 bits per heavy atom. The van der Waals surface area contributed by atoms with Crippen LogP contribution >= 0.6 is 11.3 Å². The van der Waals surface area contributed by atoms with E-state index in [4.69, 9.17) is 4.42 Å². The second kappa shape index (κ2) is 2.69. The van der Waals surface area contributed by atoms with Crippen molar-refractivity contribution in [1.82, 2.24) is 0 Å². The van der Waals surface area contributed by atoms with Crippen LogP contribution in [0.2, 0.25) is 0 Å². The molecule has 3 aromatic rings. The van der Waals surface area contributed by atoms with E-state index < -0.39 is 0 Å². The van der Waals surface area contributed by atoms with Gasteiger partial charge in [-0.2, -0.15) is 0 Å². The minimum atomic E-state index is -0.291. The predicted molar refractivity (Wildman–Crippen MR) is 57.9 cm³/mol. The Labute approximate surface area is 83.4 Å². The van der Waals surface area contributed by atoms with E-state index in [1.165, 1.54) is 11.0 Å². The van der Waals surface area contributed by atoms with Gasteiger partial charge in [0.1, 0.15) is 6.26 Å². The van der Waals surface area contributed by atoms with E-state index in [9.17, 15) is 4.79 Å². The van der Waals surface area contributed by atoms with Crippen molar-refractivity contribution >= 4 is 31.5 Å². The van der Waals surface area contributed by atoms with Crippen molar-refractivity contribution in [2.45, 2.75) is 0 Å². The highest BCUT2D eigenvalue weighted by Crippen LogP contribution is 2.32. The summed E-state index contributed by atoms with van der Waals surface area (Å²) in [6.45, 7) is 0. The molecule has 3 heteroatoms. The van der Waals surface area contributed by atoms with Crippen LogP contribution in [0.5, 0.6) is 0 Å². The first kappa shape index (κ1) is 7.76. The lowest BCUT2D eigenvalue weighted by molar-refractivity contribution is 0.518. The van der Waals surface area contributed by atoms with Crippen molar-refractivity contribution in [2.24, 2.45) is 0 Å². The number of hydrogen-bond donors (Lipinski definition) is 0. The molecule has 3 rings (SSSR count). The number of benzene rings is 1. The third-order valence-electron chi connectivity index (χ3n) is 2.21. The fraction of sp³-hybridized carbons (Fsp3) is 0. The van der Waals surface area contributed by atoms with Gasteiger partial charge in [0.2, 0.25) is 0 Å². The third-order valence-corrected chi connectivity index (χ3v) is 3.32. The maximum atomic E-state index is 11.1. The van der Waals surface area contributed by atoms with Crippen LogP contribution in [0.1, 0.15) is 0 Å². The maximum absolute atomic E-state index is 11.1. The molecule has 2 aromatic heterocycles. The normalized spacial score (nSPS) is 11.1. The molecule has 0 bridgehead atoms. The fourth-order valence-corrected chi connectivity index (χ4v) is 2.63. The summed E-state index contributed by atoms with van der Waals surface area (Å²) in [6.07, 6.45) is 1.53. The van der Waals surface area contributed by atoms with Gasteiger partial charge in [0.05, 0.1) is 4.70 Å². The van der Waals surface area contributed by atoms with Gasteiger partial charge in [0.25, 0.3) is 0 Å². The van der Waals surface area contributed by atoms with Crippen molar-refractivity contribution in [3.63, 3.8) is 0 Å². The summed E-state index contributed by atoms with van der Waals surface area (Å²) in [5.74, 6) is 0. The maximum Gasteiger partial charge on any atom is 0.336 e. The van der Waals surface area contributed by atoms with Crippen LogP contribution in [-0.2, 0) is 0 Å². The van der Waals surface area contributed by atoms with Gasteiger partial charge in [-0.25, -0.2) is 4.79 Å². The Hall–Kier alpha value is -1.61. The van der Waals surface area contributed by atoms with Gasteiger partial charge in [-0.1, -0.05) is 18.2 Å². The molecule has 1 aromatic carbocycles. The van der Waals surface area contributed by atoms with Crippen molar-refractivity contribution in [3.05, 3.63) is 47.0 Å². The number of hydrogen-bond acceptors (Lipinski definition) is 3. The molecule has 0 aliphatic heterocycles. The van der Waals surface area contributed by atoms with Crippen LogP contribution in [0.15, 0.2) is 45.8 Å². The molecule has 0 aliphatic rings. The molecule has 0 amide bonds. The average Bonchev–Trinajstić information content (AvgIpc) is 2.56. The summed E-state index contributed by atoms with van der Waals surface area (Å²) < 4.78 is 7.03. The van der Waals surface area contributed by atoms with E-state index in [-0.39, 0.29) is 5.63 Å². The summed E-state index contributed by atoms with van der Waals surface area (Å²) in [5.41, 5.74) is -0.291. The SMILES string of the molecule is O=c1cc2c(co1)sc1ccccc12. The molecule has 0 radical (unpaired) electrons. The molecule has 2 heterocycles. The minimum Gasteiger partial charge on any atom is -0.430 e. The predicted octanol–water partition coefficient (Wildman–Crippen LogP) is 3.01. The van der Waals surface area contributed by atoms with Crippen molar-refractivity contribution in [2.75, 3.05) is 0 Å². The van der Waals surface area contributed by atoms with Crippen molar-refractivity contribution in [1.29, 1.82) is 0 Å². The molecule has 0 saturated heterocycles. The van der Waals surface area contributed by atoms with Gasteiger partial charge in [-0.05, 0) is 6.07 Å². The van der Waals surface area contributed by atoms with Gasteiger partial charge in [-0.3, -0.25) is 0 Å². The van der Waals surface area contributed by atoms with Gasteiger partial charge in [0.15, 0.2) is 0 Å². The lowest BCUT2D eigenvalue weighted by Gasteiger charge is -1.87. The van der Waals surface area contributed by atoms with E-state index in [2.05, 4.69) is 0 Å². The van der Waals surface area contributed by atoms with Crippen molar-refractivity contribution < 1.29 is 4.42 Å². The summed E-state index contributed by atoms with van der Waals surface area (Å²) in [6, 6.07) is 9.59. The highest BCUT2D eigenvalue weighted by atomic mass is 32.1. The van der Waals surface area contributed by atoms with Crippen LogP contribution in [-0.4, -0.2) is 0 Å². The van der Waals surface area contributed by atoms with E-state index in [0.29, 0.717) is 0 Å². The van der Waals surface area contributed by atoms with Crippen LogP contribution < -0.4 is 5.63 Å². The molecule has 14 heavy (non-hydrogen) atoms. The van der Waals surface area contributed by atoms with Crippen LogP contribution in [0.3, 0.4) is 0 Å². The largest absolute Gasteiger partial charge is 0.430 e. The summed E-state index contributed by atoms with van der Waals surface area (Å²) in [5, 5.41) is 2.11. The Kier molecular flexibility index (Phi) is 1.49. The Morgan fingerprint density at radius 1 is 1.07 bits per heavy atom. The lowest BCUT2D eigenvalue weighted by Crippen LogP contribution is -1.92. The molecule has 0 N–H and O–H groups in total. The first-order valence-corrected chi connectivity index (χ1v) is 5.06. The van der Waals surface area contributed by atoms with Gasteiger partial charge < -0.3 is 4.42 Å². The molecule has 0 aliphatic carbocycles. The van der Waals surface area contributed by atoms with Gasteiger partial charge >= 0.3 is 5.63 Å². The Morgan fingerprint density at radius 3 is 2.86 bits per heavy atom. The standard InChI is InChI=1S/C11H6O2S/c12-11-5-8-7-3-1-2-4-9(7)14-10(8)6-13-11/h1-6H. The average molecular weight is 202 g/mol. The zero-order valence-electron chi connectivity index (χ0n) is 7.19. The molecular formula is C11H6O2S. The third kappa shape index (κ3) is 0.992. The van der Waals surface area contributed by atoms with E-state index in [0.717, 1.165) is 15.5 Å². The zero-order valence-corrected chi connectivity index (χ0v) is 8.01. The number of thiophene rings is 1. The highest BCUT2D eigenvalue weighted by Gasteiger charge is 2.04. The van der Waals surface area contributed by atoms with Crippen molar-refractivity contribution in [3.8, 4) is 0 Å². The molecule has 0 fully saturated rings. The Balaban J connectivity index is 2.65. The molecule has 0 saturated carbocycles. The lowest BCUT2D eigenvalue weighted by atomic mass is 10.2. The second-order valence-corrected chi connectivity index (χ2v) is 4.16. The van der Waals surface area contributed by atoms with E-state index >= 15 is 0 Å². The number of rotatable bonds is 0. The van der Waals surface area contributed by atoms with E-state index in [1.54, 1.807) is 17.4 Å². The van der Waals surface area contributed by atoms with Crippen LogP contribution in [0.4, 0.5) is 0 Å². The summed E-state index contributed by atoms with van der Waals surface area (Å²) in [7, 11) is 0. The van der Waals surface area contributed by atoms with E-state index in [1.807, 2.05) is 24.3 Å². The van der Waals surface area contributed by atoms with Crippen LogP contribution in [0, 0.1) is 0 Å². The Bertz CT molecular complexity index is 663. The first-order valence-electron chi connectivity index (χ1n) is 4.25. The quantitative estimate of drug-likeness (QED) is 0.561. The topological polar surface area (TPSA) is 30.2 Å². The zero-order chi connectivity index (χ0) is 9.54. The summed E-state index contributed by atoms with van der Waals surface area (Å²) in [4.78, 5) is 11.1. The second-order valence-electron chi connectivity index (χ2n) is 3.08. The molecule has 0 spiro atoms. The fourth-order valence-electron chi connectivity index (χ4n) is 1.58. The monoisotopic (exact) mass is 202 g/mol. The molecule has 2 nitrogen and oxygen atoms in total. The molecule has 0 unspecified atom stereocenters. The molecular weight excluding hydrogens is 196 g/mol. The highest BCUT2D eigenvalue weighted by molar-refractivity contribution is 7.25. The smallest absolute Gasteiger partial charge is 0.336 e. The minimum absolute atomic E-state index is 0.291. The van der Waals surface area contributed by atoms with Gasteiger partial charge in [0, 0.05) is 21.5 Å². The first-order chi connectivity index (χ1) is 6.84. The van der Waals surface area contributed by atoms with Crippen LogP contribution in [0.25, 0.3) is 20.2 Å². The molecule has 0 atom stereocenters. The number of fused-ring (bicyclic) bond motifs is 3.